The summed E-state index contributed by atoms with van der Waals surface area (Å²) in [6.45, 7) is 3.92. The Morgan fingerprint density at radius 2 is 1.22 bits per heavy atom. The lowest BCUT2D eigenvalue weighted by Gasteiger charge is -2.24. The second kappa shape index (κ2) is 31.8. The van der Waals surface area contributed by atoms with Gasteiger partial charge in [-0.05, 0) is 19.3 Å². The molecule has 4 atom stereocenters. The Labute approximate surface area is 276 Å². The van der Waals surface area contributed by atoms with Crippen molar-refractivity contribution in [2.75, 3.05) is 19.8 Å². The zero-order valence-electron chi connectivity index (χ0n) is 29.0. The predicted molar refractivity (Wildman–Crippen MR) is 186 cm³/mol. The molecule has 0 saturated carbocycles. The van der Waals surface area contributed by atoms with Crippen molar-refractivity contribution in [3.63, 3.8) is 0 Å². The van der Waals surface area contributed by atoms with Gasteiger partial charge in [0.05, 0.1) is 37.9 Å². The van der Waals surface area contributed by atoms with Gasteiger partial charge in [0.25, 0.3) is 0 Å². The van der Waals surface area contributed by atoms with Crippen molar-refractivity contribution >= 4 is 13.7 Å². The van der Waals surface area contributed by atoms with Crippen molar-refractivity contribution in [2.24, 2.45) is 5.73 Å². The number of aliphatic hydroxyl groups excluding tert-OH is 2. The standard InChI is InChI=1S/C35H71N2O7P/c1-3-5-7-9-11-13-14-15-16-17-18-19-21-23-25-27-34(39)33(31-44-45(41,42)43-29-28-36)37-35(40)30-32(38)26-24-22-20-12-10-8-6-4-2/h25,27,32-34,38-39H,3-24,26,28-31,36H2,1-2H3,(H,37,40)(H,41,42)/b27-25+. The fraction of sp³-hybridized carbons (Fsp3) is 0.914. The summed E-state index contributed by atoms with van der Waals surface area (Å²) in [4.78, 5) is 22.5. The summed E-state index contributed by atoms with van der Waals surface area (Å²) < 4.78 is 21.9. The Kier molecular flexibility index (Phi) is 31.2. The number of phosphoric acid groups is 1. The van der Waals surface area contributed by atoms with Crippen LogP contribution in [0.5, 0.6) is 0 Å². The number of carbonyl (C=O) groups is 1. The van der Waals surface area contributed by atoms with E-state index < -0.39 is 38.6 Å². The number of aliphatic hydroxyl groups is 2. The van der Waals surface area contributed by atoms with E-state index in [2.05, 4.69) is 19.2 Å². The first-order valence-corrected chi connectivity index (χ1v) is 19.9. The zero-order chi connectivity index (χ0) is 33.4. The van der Waals surface area contributed by atoms with E-state index in [0.717, 1.165) is 38.5 Å². The van der Waals surface area contributed by atoms with E-state index in [1.807, 2.05) is 6.08 Å². The Hall–Kier alpha value is -0.800. The van der Waals surface area contributed by atoms with E-state index in [-0.39, 0.29) is 19.6 Å². The molecule has 10 heteroatoms. The lowest BCUT2D eigenvalue weighted by Crippen LogP contribution is -2.46. The molecule has 0 spiro atoms. The van der Waals surface area contributed by atoms with Crippen LogP contribution in [-0.4, -0.2) is 59.0 Å². The van der Waals surface area contributed by atoms with E-state index in [1.54, 1.807) is 6.08 Å². The van der Waals surface area contributed by atoms with E-state index in [1.165, 1.54) is 103 Å². The van der Waals surface area contributed by atoms with Crippen LogP contribution in [-0.2, 0) is 18.4 Å². The van der Waals surface area contributed by atoms with Crippen LogP contribution in [0.1, 0.15) is 168 Å². The molecule has 0 bridgehead atoms. The SMILES string of the molecule is CCCCCCCCCCCCCCC/C=C/C(O)C(COP(=O)(O)OCCN)NC(=O)CC(O)CCCCCCCCCC. The summed E-state index contributed by atoms with van der Waals surface area (Å²) in [7, 11) is -4.38. The lowest BCUT2D eigenvalue weighted by molar-refractivity contribution is -0.124. The molecule has 1 amide bonds. The average molecular weight is 663 g/mol. The molecular weight excluding hydrogens is 591 g/mol. The highest BCUT2D eigenvalue weighted by atomic mass is 31.2. The first-order chi connectivity index (χ1) is 21.8. The molecule has 0 aromatic rings. The number of rotatable bonds is 34. The molecule has 0 fully saturated rings. The van der Waals surface area contributed by atoms with Crippen molar-refractivity contribution in [3.8, 4) is 0 Å². The fourth-order valence-electron chi connectivity index (χ4n) is 5.35. The van der Waals surface area contributed by atoms with Gasteiger partial charge in [-0.25, -0.2) is 4.57 Å². The van der Waals surface area contributed by atoms with Gasteiger partial charge in [-0.2, -0.15) is 0 Å². The van der Waals surface area contributed by atoms with Crippen molar-refractivity contribution in [2.45, 2.75) is 186 Å². The number of nitrogens with one attached hydrogen (secondary N) is 1. The quantitative estimate of drug-likeness (QED) is 0.0263. The highest BCUT2D eigenvalue weighted by Crippen LogP contribution is 2.43. The second-order valence-electron chi connectivity index (χ2n) is 12.6. The highest BCUT2D eigenvalue weighted by molar-refractivity contribution is 7.47. The smallest absolute Gasteiger partial charge is 0.393 e. The van der Waals surface area contributed by atoms with Crippen molar-refractivity contribution in [1.29, 1.82) is 0 Å². The molecule has 0 aliphatic rings. The highest BCUT2D eigenvalue weighted by Gasteiger charge is 2.27. The van der Waals surface area contributed by atoms with E-state index in [9.17, 15) is 24.5 Å². The largest absolute Gasteiger partial charge is 0.472 e. The molecular formula is C35H71N2O7P. The van der Waals surface area contributed by atoms with Crippen molar-refractivity contribution < 1.29 is 33.5 Å². The van der Waals surface area contributed by atoms with Crippen LogP contribution in [0.3, 0.4) is 0 Å². The number of carbonyl (C=O) groups excluding carboxylic acids is 1. The average Bonchev–Trinajstić information content (AvgIpc) is 3.01. The van der Waals surface area contributed by atoms with Crippen LogP contribution in [0.2, 0.25) is 0 Å². The van der Waals surface area contributed by atoms with Crippen LogP contribution in [0.25, 0.3) is 0 Å². The number of hydrogen-bond donors (Lipinski definition) is 5. The summed E-state index contributed by atoms with van der Waals surface area (Å²) in [5, 5.41) is 23.8. The third-order valence-corrected chi connectivity index (χ3v) is 9.15. The van der Waals surface area contributed by atoms with E-state index >= 15 is 0 Å². The molecule has 0 aromatic carbocycles. The fourth-order valence-corrected chi connectivity index (χ4v) is 6.11. The van der Waals surface area contributed by atoms with Crippen LogP contribution in [0.15, 0.2) is 12.2 Å². The van der Waals surface area contributed by atoms with Gasteiger partial charge < -0.3 is 26.2 Å². The minimum atomic E-state index is -4.38. The van der Waals surface area contributed by atoms with Gasteiger partial charge in [0.1, 0.15) is 0 Å². The molecule has 9 nitrogen and oxygen atoms in total. The Bertz CT molecular complexity index is 741. The molecule has 0 radical (unpaired) electrons. The number of allylic oxidation sites excluding steroid dienone is 1. The first kappa shape index (κ1) is 44.2. The predicted octanol–water partition coefficient (Wildman–Crippen LogP) is 8.24. The normalized spacial score (nSPS) is 15.2. The monoisotopic (exact) mass is 662 g/mol. The van der Waals surface area contributed by atoms with Gasteiger partial charge in [-0.1, -0.05) is 154 Å². The molecule has 0 aliphatic heterocycles. The van der Waals surface area contributed by atoms with Crippen LogP contribution in [0, 0.1) is 0 Å². The maximum atomic E-state index is 12.7. The third-order valence-electron chi connectivity index (χ3n) is 8.17. The minimum absolute atomic E-state index is 0.0510. The third kappa shape index (κ3) is 30.3. The van der Waals surface area contributed by atoms with Crippen LogP contribution < -0.4 is 11.1 Å². The number of hydrogen-bond acceptors (Lipinski definition) is 7. The van der Waals surface area contributed by atoms with Gasteiger partial charge in [-0.15, -0.1) is 0 Å². The topological polar surface area (TPSA) is 151 Å². The number of nitrogens with two attached hydrogens (primary N) is 1. The maximum absolute atomic E-state index is 12.7. The molecule has 0 aliphatic carbocycles. The summed E-state index contributed by atoms with van der Waals surface area (Å²) >= 11 is 0. The van der Waals surface area contributed by atoms with Gasteiger partial charge >= 0.3 is 7.82 Å². The molecule has 268 valence electrons. The summed E-state index contributed by atoms with van der Waals surface area (Å²) in [6, 6.07) is -0.974. The Balaban J connectivity index is 4.45. The zero-order valence-corrected chi connectivity index (χ0v) is 29.9. The molecule has 0 saturated heterocycles. The number of unbranched alkanes of at least 4 members (excludes halogenated alkanes) is 20. The first-order valence-electron chi connectivity index (χ1n) is 18.4. The Morgan fingerprint density at radius 1 is 0.756 bits per heavy atom. The molecule has 45 heavy (non-hydrogen) atoms. The molecule has 0 rings (SSSR count). The summed E-state index contributed by atoms with van der Waals surface area (Å²) in [6.07, 6.45) is 28.7. The molecule has 6 N–H and O–H groups in total. The molecule has 4 unspecified atom stereocenters. The number of phosphoric ester groups is 1. The van der Waals surface area contributed by atoms with Crippen molar-refractivity contribution in [1.82, 2.24) is 5.32 Å². The van der Waals surface area contributed by atoms with Gasteiger partial charge in [0.2, 0.25) is 5.91 Å². The maximum Gasteiger partial charge on any atom is 0.472 e. The van der Waals surface area contributed by atoms with Gasteiger partial charge in [0, 0.05) is 6.54 Å². The molecule has 0 heterocycles. The number of amides is 1. The van der Waals surface area contributed by atoms with Crippen LogP contribution >= 0.6 is 7.82 Å². The summed E-state index contributed by atoms with van der Waals surface area (Å²) in [5.74, 6) is -0.449. The van der Waals surface area contributed by atoms with Crippen molar-refractivity contribution in [3.05, 3.63) is 12.2 Å². The summed E-state index contributed by atoms with van der Waals surface area (Å²) in [5.41, 5.74) is 5.33. The van der Waals surface area contributed by atoms with Gasteiger partial charge in [0.15, 0.2) is 0 Å². The van der Waals surface area contributed by atoms with Crippen LogP contribution in [0.4, 0.5) is 0 Å². The van der Waals surface area contributed by atoms with E-state index in [0.29, 0.717) is 6.42 Å². The minimum Gasteiger partial charge on any atom is -0.393 e. The lowest BCUT2D eigenvalue weighted by atomic mass is 10.0. The molecule has 0 aromatic heterocycles. The van der Waals surface area contributed by atoms with E-state index in [4.69, 9.17) is 14.8 Å². The second-order valence-corrected chi connectivity index (χ2v) is 14.1. The Morgan fingerprint density at radius 3 is 1.71 bits per heavy atom. The van der Waals surface area contributed by atoms with Gasteiger partial charge in [-0.3, -0.25) is 13.8 Å².